The molecule has 0 saturated carbocycles. The summed E-state index contributed by atoms with van der Waals surface area (Å²) in [5.74, 6) is 0.243. The molecule has 2 rings (SSSR count). The molecule has 2 amide bonds. The Labute approximate surface area is 138 Å². The van der Waals surface area contributed by atoms with Crippen LogP contribution >= 0.6 is 15.9 Å². The predicted molar refractivity (Wildman–Crippen MR) is 91.5 cm³/mol. The number of aromatic hydroxyl groups is 1. The van der Waals surface area contributed by atoms with Crippen molar-refractivity contribution in [3.63, 3.8) is 0 Å². The molecular formula is C17H17BrN2O2. The van der Waals surface area contributed by atoms with Crippen molar-refractivity contribution in [1.29, 1.82) is 0 Å². The van der Waals surface area contributed by atoms with Crippen molar-refractivity contribution in [2.45, 2.75) is 6.42 Å². The number of hydrogen-bond donors (Lipinski definition) is 3. The molecular weight excluding hydrogens is 344 g/mol. The van der Waals surface area contributed by atoms with Crippen molar-refractivity contribution in [3.05, 3.63) is 70.3 Å². The van der Waals surface area contributed by atoms with Crippen molar-refractivity contribution in [1.82, 2.24) is 10.6 Å². The number of benzene rings is 2. The second kappa shape index (κ2) is 8.24. The van der Waals surface area contributed by atoms with Crippen LogP contribution in [0.1, 0.15) is 11.1 Å². The van der Waals surface area contributed by atoms with Crippen molar-refractivity contribution in [2.75, 3.05) is 6.54 Å². The molecule has 2 aromatic carbocycles. The van der Waals surface area contributed by atoms with Gasteiger partial charge >= 0.3 is 6.03 Å². The van der Waals surface area contributed by atoms with E-state index in [-0.39, 0.29) is 11.8 Å². The highest BCUT2D eigenvalue weighted by Gasteiger charge is 1.98. The molecule has 0 fully saturated rings. The molecule has 0 aliphatic rings. The van der Waals surface area contributed by atoms with Crippen LogP contribution in [0, 0.1) is 0 Å². The van der Waals surface area contributed by atoms with Gasteiger partial charge in [-0.1, -0.05) is 40.2 Å². The fraction of sp³-hybridized carbons (Fsp3) is 0.118. The van der Waals surface area contributed by atoms with Crippen LogP contribution < -0.4 is 10.6 Å². The van der Waals surface area contributed by atoms with Crippen molar-refractivity contribution < 1.29 is 9.90 Å². The van der Waals surface area contributed by atoms with E-state index >= 15 is 0 Å². The van der Waals surface area contributed by atoms with E-state index < -0.39 is 0 Å². The van der Waals surface area contributed by atoms with Gasteiger partial charge in [0, 0.05) is 17.2 Å². The van der Waals surface area contributed by atoms with Crippen LogP contribution in [0.25, 0.3) is 6.08 Å². The lowest BCUT2D eigenvalue weighted by molar-refractivity contribution is 0.244. The molecule has 0 heterocycles. The summed E-state index contributed by atoms with van der Waals surface area (Å²) >= 11 is 3.37. The SMILES string of the molecule is O=C(N/C=C/c1ccc(Br)cc1)NCCc1ccc(O)cc1. The first-order valence-corrected chi connectivity index (χ1v) is 7.67. The van der Waals surface area contributed by atoms with Crippen LogP contribution in [0.2, 0.25) is 0 Å². The largest absolute Gasteiger partial charge is 0.508 e. The quantitative estimate of drug-likeness (QED) is 0.761. The lowest BCUT2D eigenvalue weighted by Crippen LogP contribution is -2.33. The standard InChI is InChI=1S/C17H17BrN2O2/c18-15-5-1-13(2-6-15)9-11-19-17(22)20-12-10-14-3-7-16(21)8-4-14/h1-9,11,21H,10,12H2,(H2,19,20,22)/b11-9+. The number of rotatable bonds is 5. The summed E-state index contributed by atoms with van der Waals surface area (Å²) in [4.78, 5) is 11.6. The van der Waals surface area contributed by atoms with E-state index in [1.54, 1.807) is 18.3 Å². The third-order valence-electron chi connectivity index (χ3n) is 3.00. The second-order valence-corrected chi connectivity index (χ2v) is 5.62. The van der Waals surface area contributed by atoms with Crippen molar-refractivity contribution in [2.24, 2.45) is 0 Å². The maximum absolute atomic E-state index is 11.6. The van der Waals surface area contributed by atoms with Gasteiger partial charge in [-0.2, -0.15) is 0 Å². The van der Waals surface area contributed by atoms with Gasteiger partial charge in [-0.05, 0) is 47.9 Å². The molecule has 0 aliphatic heterocycles. The van der Waals surface area contributed by atoms with Crippen LogP contribution in [-0.2, 0) is 6.42 Å². The molecule has 0 bridgehead atoms. The molecule has 3 N–H and O–H groups in total. The Morgan fingerprint density at radius 3 is 2.45 bits per heavy atom. The van der Waals surface area contributed by atoms with E-state index in [1.807, 2.05) is 42.5 Å². The van der Waals surface area contributed by atoms with Crippen LogP contribution in [0.15, 0.2) is 59.2 Å². The van der Waals surface area contributed by atoms with Crippen LogP contribution in [-0.4, -0.2) is 17.7 Å². The molecule has 0 atom stereocenters. The summed E-state index contributed by atoms with van der Waals surface area (Å²) in [5, 5.41) is 14.6. The first kappa shape index (κ1) is 16.1. The predicted octanol–water partition coefficient (Wildman–Crippen LogP) is 3.67. The molecule has 0 saturated heterocycles. The average Bonchev–Trinajstić information content (AvgIpc) is 2.51. The van der Waals surface area contributed by atoms with Crippen LogP contribution in [0.3, 0.4) is 0 Å². The third kappa shape index (κ3) is 5.61. The number of amides is 2. The lowest BCUT2D eigenvalue weighted by Gasteiger charge is -2.05. The lowest BCUT2D eigenvalue weighted by atomic mass is 10.1. The van der Waals surface area contributed by atoms with E-state index in [4.69, 9.17) is 0 Å². The molecule has 0 aromatic heterocycles. The molecule has 2 aromatic rings. The Balaban J connectivity index is 1.69. The fourth-order valence-electron chi connectivity index (χ4n) is 1.82. The fourth-order valence-corrected chi connectivity index (χ4v) is 2.09. The molecule has 0 aliphatic carbocycles. The Bertz CT molecular complexity index is 637. The Kier molecular flexibility index (Phi) is 6.03. The highest BCUT2D eigenvalue weighted by molar-refractivity contribution is 9.10. The zero-order valence-electron chi connectivity index (χ0n) is 11.9. The molecule has 22 heavy (non-hydrogen) atoms. The molecule has 4 nitrogen and oxygen atoms in total. The summed E-state index contributed by atoms with van der Waals surface area (Å²) < 4.78 is 1.02. The second-order valence-electron chi connectivity index (χ2n) is 4.70. The maximum atomic E-state index is 11.6. The van der Waals surface area contributed by atoms with Crippen molar-refractivity contribution in [3.8, 4) is 5.75 Å². The highest BCUT2D eigenvalue weighted by atomic mass is 79.9. The topological polar surface area (TPSA) is 61.4 Å². The first-order chi connectivity index (χ1) is 10.6. The number of carbonyl (C=O) groups is 1. The molecule has 0 spiro atoms. The number of hydrogen-bond acceptors (Lipinski definition) is 2. The van der Waals surface area contributed by atoms with Gasteiger partial charge in [0.25, 0.3) is 0 Å². The monoisotopic (exact) mass is 360 g/mol. The number of phenolic OH excluding ortho intramolecular Hbond substituents is 1. The number of phenols is 1. The van der Waals surface area contributed by atoms with E-state index in [9.17, 15) is 9.90 Å². The summed E-state index contributed by atoms with van der Waals surface area (Å²) in [5.41, 5.74) is 2.07. The zero-order valence-corrected chi connectivity index (χ0v) is 13.5. The smallest absolute Gasteiger partial charge is 0.318 e. The van der Waals surface area contributed by atoms with Gasteiger partial charge in [-0.3, -0.25) is 0 Å². The van der Waals surface area contributed by atoms with Crippen molar-refractivity contribution >= 4 is 28.0 Å². The minimum atomic E-state index is -0.243. The molecule has 0 unspecified atom stereocenters. The number of halogens is 1. The van der Waals surface area contributed by atoms with Gasteiger partial charge in [0.05, 0.1) is 0 Å². The van der Waals surface area contributed by atoms with Gasteiger partial charge < -0.3 is 15.7 Å². The van der Waals surface area contributed by atoms with E-state index in [2.05, 4.69) is 26.6 Å². The summed E-state index contributed by atoms with van der Waals surface area (Å²) in [6.45, 7) is 0.530. The zero-order chi connectivity index (χ0) is 15.8. The first-order valence-electron chi connectivity index (χ1n) is 6.88. The van der Waals surface area contributed by atoms with E-state index in [0.29, 0.717) is 13.0 Å². The Morgan fingerprint density at radius 1 is 1.09 bits per heavy atom. The summed E-state index contributed by atoms with van der Waals surface area (Å²) in [6.07, 6.45) is 4.15. The molecule has 0 radical (unpaired) electrons. The number of urea groups is 1. The third-order valence-corrected chi connectivity index (χ3v) is 3.52. The van der Waals surface area contributed by atoms with Gasteiger partial charge in [0.15, 0.2) is 0 Å². The van der Waals surface area contributed by atoms with Crippen LogP contribution in [0.5, 0.6) is 5.75 Å². The summed E-state index contributed by atoms with van der Waals surface area (Å²) in [6, 6.07) is 14.5. The summed E-state index contributed by atoms with van der Waals surface area (Å²) in [7, 11) is 0. The van der Waals surface area contributed by atoms with Gasteiger partial charge in [-0.25, -0.2) is 4.79 Å². The van der Waals surface area contributed by atoms with Gasteiger partial charge in [-0.15, -0.1) is 0 Å². The van der Waals surface area contributed by atoms with Gasteiger partial charge in [0.2, 0.25) is 0 Å². The van der Waals surface area contributed by atoms with E-state index in [1.165, 1.54) is 0 Å². The normalized spacial score (nSPS) is 10.6. The number of nitrogens with one attached hydrogen (secondary N) is 2. The highest BCUT2D eigenvalue weighted by Crippen LogP contribution is 2.11. The van der Waals surface area contributed by atoms with Crippen LogP contribution in [0.4, 0.5) is 4.79 Å². The van der Waals surface area contributed by atoms with Gasteiger partial charge in [0.1, 0.15) is 5.75 Å². The Hall–Kier alpha value is -2.27. The Morgan fingerprint density at radius 2 is 1.77 bits per heavy atom. The minimum absolute atomic E-state index is 0.243. The number of carbonyl (C=O) groups excluding carboxylic acids is 1. The maximum Gasteiger partial charge on any atom is 0.318 e. The minimum Gasteiger partial charge on any atom is -0.508 e. The average molecular weight is 361 g/mol. The van der Waals surface area contributed by atoms with E-state index in [0.717, 1.165) is 15.6 Å². The molecule has 114 valence electrons. The molecule has 5 heteroatoms.